The first-order valence-electron chi connectivity index (χ1n) is 10.7. The van der Waals surface area contributed by atoms with Crippen LogP contribution in [-0.2, 0) is 13.0 Å². The molecule has 0 aromatic heterocycles. The Morgan fingerprint density at radius 3 is 2.48 bits per heavy atom. The van der Waals surface area contributed by atoms with E-state index in [-0.39, 0.29) is 12.4 Å². The predicted octanol–water partition coefficient (Wildman–Crippen LogP) is 6.80. The summed E-state index contributed by atoms with van der Waals surface area (Å²) in [7, 11) is 2.15. The monoisotopic (exact) mass is 431 g/mol. The second kappa shape index (κ2) is 11.5. The molecule has 3 aromatic rings. The number of aryl methyl sites for hydroxylation is 1. The van der Waals surface area contributed by atoms with Crippen LogP contribution >= 0.6 is 12.4 Å². The summed E-state index contributed by atoms with van der Waals surface area (Å²) < 4.78 is 5.79. The van der Waals surface area contributed by atoms with E-state index in [1.807, 2.05) is 6.07 Å². The summed E-state index contributed by atoms with van der Waals surface area (Å²) >= 11 is 0. The van der Waals surface area contributed by atoms with Gasteiger partial charge in [0.15, 0.2) is 0 Å². The van der Waals surface area contributed by atoms with Gasteiger partial charge in [0.2, 0.25) is 0 Å². The fourth-order valence-electron chi connectivity index (χ4n) is 3.76. The molecule has 0 bridgehead atoms. The number of rotatable bonds is 7. The molecule has 1 aliphatic rings. The van der Waals surface area contributed by atoms with Gasteiger partial charge in [-0.25, -0.2) is 0 Å². The van der Waals surface area contributed by atoms with Crippen LogP contribution in [0.15, 0.2) is 91.0 Å². The third-order valence-corrected chi connectivity index (χ3v) is 5.40. The molecule has 160 valence electrons. The quantitative estimate of drug-likeness (QED) is 0.381. The minimum absolute atomic E-state index is 0. The van der Waals surface area contributed by atoms with Crippen molar-refractivity contribution < 1.29 is 4.74 Å². The first-order valence-corrected chi connectivity index (χ1v) is 10.7. The second-order valence-corrected chi connectivity index (χ2v) is 7.87. The fraction of sp³-hybridized carbons (Fsp3) is 0.214. The Kier molecular flexibility index (Phi) is 8.52. The summed E-state index contributed by atoms with van der Waals surface area (Å²) in [6, 6.07) is 25.8. The highest BCUT2D eigenvalue weighted by atomic mass is 35.5. The molecule has 3 aromatic carbocycles. The van der Waals surface area contributed by atoms with Crippen molar-refractivity contribution >= 4 is 18.5 Å². The number of benzene rings is 3. The number of halogens is 1. The molecule has 1 heterocycles. The SMILES string of the molecule is CN(C/C=C/C=C/c1ccc(-c2ccccc2)cc1)Cc1ccc2c(c1)OCCC2.Cl. The molecule has 0 radical (unpaired) electrons. The highest BCUT2D eigenvalue weighted by Gasteiger charge is 2.10. The van der Waals surface area contributed by atoms with Crippen LogP contribution in [0.25, 0.3) is 17.2 Å². The number of hydrogen-bond donors (Lipinski definition) is 0. The molecule has 0 unspecified atom stereocenters. The number of fused-ring (bicyclic) bond motifs is 1. The average molecular weight is 432 g/mol. The second-order valence-electron chi connectivity index (χ2n) is 7.87. The van der Waals surface area contributed by atoms with Gasteiger partial charge in [0, 0.05) is 13.1 Å². The molecule has 0 N–H and O–H groups in total. The van der Waals surface area contributed by atoms with Crippen LogP contribution in [0.5, 0.6) is 5.75 Å². The van der Waals surface area contributed by atoms with Gasteiger partial charge >= 0.3 is 0 Å². The summed E-state index contributed by atoms with van der Waals surface area (Å²) in [6.45, 7) is 2.68. The molecule has 4 rings (SSSR count). The maximum atomic E-state index is 5.79. The normalized spacial score (nSPS) is 13.2. The molecule has 0 atom stereocenters. The van der Waals surface area contributed by atoms with Gasteiger partial charge < -0.3 is 4.74 Å². The molecule has 0 aliphatic carbocycles. The van der Waals surface area contributed by atoms with Gasteiger partial charge in [-0.15, -0.1) is 12.4 Å². The van der Waals surface area contributed by atoms with Gasteiger partial charge in [-0.1, -0.05) is 91.0 Å². The lowest BCUT2D eigenvalue weighted by Crippen LogP contribution is -2.18. The Morgan fingerprint density at radius 2 is 1.68 bits per heavy atom. The summed E-state index contributed by atoms with van der Waals surface area (Å²) in [5.41, 5.74) is 6.36. The van der Waals surface area contributed by atoms with E-state index in [2.05, 4.69) is 103 Å². The molecule has 1 aliphatic heterocycles. The van der Waals surface area contributed by atoms with Crippen molar-refractivity contribution in [3.05, 3.63) is 108 Å². The van der Waals surface area contributed by atoms with Gasteiger partial charge in [-0.05, 0) is 53.8 Å². The lowest BCUT2D eigenvalue weighted by molar-refractivity contribution is 0.287. The van der Waals surface area contributed by atoms with Gasteiger partial charge in [0.25, 0.3) is 0 Å². The largest absolute Gasteiger partial charge is 0.493 e. The van der Waals surface area contributed by atoms with Crippen molar-refractivity contribution in [2.75, 3.05) is 20.2 Å². The zero-order valence-corrected chi connectivity index (χ0v) is 18.9. The zero-order valence-electron chi connectivity index (χ0n) is 18.0. The van der Waals surface area contributed by atoms with E-state index in [1.165, 1.54) is 27.8 Å². The van der Waals surface area contributed by atoms with Crippen LogP contribution in [0.4, 0.5) is 0 Å². The van der Waals surface area contributed by atoms with Crippen molar-refractivity contribution in [1.29, 1.82) is 0 Å². The molecule has 0 fully saturated rings. The molecular weight excluding hydrogens is 402 g/mol. The average Bonchev–Trinajstić information content (AvgIpc) is 2.80. The third kappa shape index (κ3) is 6.58. The van der Waals surface area contributed by atoms with E-state index in [0.29, 0.717) is 0 Å². The molecule has 0 saturated heterocycles. The molecule has 0 spiro atoms. The van der Waals surface area contributed by atoms with E-state index in [4.69, 9.17) is 4.74 Å². The highest BCUT2D eigenvalue weighted by Crippen LogP contribution is 2.26. The Labute approximate surface area is 192 Å². The number of nitrogens with zero attached hydrogens (tertiary/aromatic N) is 1. The van der Waals surface area contributed by atoms with E-state index in [0.717, 1.165) is 38.3 Å². The van der Waals surface area contributed by atoms with Crippen molar-refractivity contribution in [1.82, 2.24) is 4.90 Å². The van der Waals surface area contributed by atoms with E-state index < -0.39 is 0 Å². The van der Waals surface area contributed by atoms with Gasteiger partial charge in [0.1, 0.15) is 5.75 Å². The number of ether oxygens (including phenoxy) is 1. The van der Waals surface area contributed by atoms with Crippen LogP contribution in [0.2, 0.25) is 0 Å². The fourth-order valence-corrected chi connectivity index (χ4v) is 3.76. The number of allylic oxidation sites excluding steroid dienone is 2. The Bertz CT molecular complexity index is 1010. The van der Waals surface area contributed by atoms with Crippen LogP contribution < -0.4 is 4.74 Å². The molecule has 31 heavy (non-hydrogen) atoms. The zero-order chi connectivity index (χ0) is 20.6. The smallest absolute Gasteiger partial charge is 0.122 e. The summed E-state index contributed by atoms with van der Waals surface area (Å²) in [5.74, 6) is 1.07. The van der Waals surface area contributed by atoms with Crippen LogP contribution in [-0.4, -0.2) is 25.1 Å². The molecular formula is C28H30ClNO. The Balaban J connectivity index is 0.00000272. The lowest BCUT2D eigenvalue weighted by atomic mass is 10.0. The number of hydrogen-bond acceptors (Lipinski definition) is 2. The molecule has 0 saturated carbocycles. The molecule has 3 heteroatoms. The first kappa shape index (κ1) is 22.9. The molecule has 0 amide bonds. The summed E-state index contributed by atoms with van der Waals surface area (Å²) in [5, 5.41) is 0. The number of likely N-dealkylation sites (N-methyl/N-ethyl adjacent to an activating group) is 1. The maximum Gasteiger partial charge on any atom is 0.122 e. The maximum absolute atomic E-state index is 5.79. The minimum atomic E-state index is 0. The van der Waals surface area contributed by atoms with Crippen molar-refractivity contribution in [2.24, 2.45) is 0 Å². The van der Waals surface area contributed by atoms with Crippen LogP contribution in [0, 0.1) is 0 Å². The van der Waals surface area contributed by atoms with Crippen LogP contribution in [0.3, 0.4) is 0 Å². The van der Waals surface area contributed by atoms with E-state index in [1.54, 1.807) is 0 Å². The van der Waals surface area contributed by atoms with Crippen molar-refractivity contribution in [3.63, 3.8) is 0 Å². The van der Waals surface area contributed by atoms with Gasteiger partial charge in [-0.3, -0.25) is 4.90 Å². The predicted molar refractivity (Wildman–Crippen MR) is 134 cm³/mol. The molecule has 2 nitrogen and oxygen atoms in total. The Morgan fingerprint density at radius 1 is 0.903 bits per heavy atom. The minimum Gasteiger partial charge on any atom is -0.493 e. The van der Waals surface area contributed by atoms with E-state index in [9.17, 15) is 0 Å². The van der Waals surface area contributed by atoms with Gasteiger partial charge in [0.05, 0.1) is 6.61 Å². The lowest BCUT2D eigenvalue weighted by Gasteiger charge is -2.20. The highest BCUT2D eigenvalue weighted by molar-refractivity contribution is 5.85. The van der Waals surface area contributed by atoms with Crippen molar-refractivity contribution in [3.8, 4) is 16.9 Å². The van der Waals surface area contributed by atoms with Crippen LogP contribution in [0.1, 0.15) is 23.1 Å². The summed E-state index contributed by atoms with van der Waals surface area (Å²) in [4.78, 5) is 2.31. The Hall–Kier alpha value is -2.81. The first-order chi connectivity index (χ1) is 14.8. The van der Waals surface area contributed by atoms with Crippen molar-refractivity contribution in [2.45, 2.75) is 19.4 Å². The van der Waals surface area contributed by atoms with E-state index >= 15 is 0 Å². The standard InChI is InChI=1S/C28H29NO.ClH/c1-29(22-24-15-18-27-12-8-20-30-28(27)21-24)19-7-3-4-9-23-13-16-26(17-14-23)25-10-5-2-6-11-25;/h2-7,9-11,13-18,21H,8,12,19-20,22H2,1H3;1H/b7-3+,9-4+;. The summed E-state index contributed by atoms with van der Waals surface area (Å²) in [6.07, 6.45) is 10.8. The van der Waals surface area contributed by atoms with Gasteiger partial charge in [-0.2, -0.15) is 0 Å². The topological polar surface area (TPSA) is 12.5 Å². The third-order valence-electron chi connectivity index (χ3n) is 5.40.